The molecular weight excluding hydrogens is 220 g/mol. The zero-order valence-electron chi connectivity index (χ0n) is 10.6. The lowest BCUT2D eigenvalue weighted by molar-refractivity contribution is 0.0657. The van der Waals surface area contributed by atoms with Crippen LogP contribution in [0.3, 0.4) is 0 Å². The highest BCUT2D eigenvalue weighted by molar-refractivity contribution is 5.01. The maximum atomic E-state index is 5.50. The smallest absolute Gasteiger partial charge is 0.0700 e. The summed E-state index contributed by atoms with van der Waals surface area (Å²) < 4.78 is 12.1. The summed E-state index contributed by atoms with van der Waals surface area (Å²) in [4.78, 5) is 0. The molecule has 17 heavy (non-hydrogen) atoms. The molecule has 3 N–H and O–H groups in total. The van der Waals surface area contributed by atoms with Gasteiger partial charge in [0.2, 0.25) is 0 Å². The highest BCUT2D eigenvalue weighted by Gasteiger charge is 2.09. The molecule has 98 valence electrons. The quantitative estimate of drug-likeness (QED) is 0.358. The lowest BCUT2D eigenvalue weighted by atomic mass is 10.1. The summed E-state index contributed by atoms with van der Waals surface area (Å²) in [7, 11) is 3.57. The van der Waals surface area contributed by atoms with Gasteiger partial charge in [-0.15, -0.1) is 0 Å². The van der Waals surface area contributed by atoms with E-state index < -0.39 is 0 Å². The Morgan fingerprint density at radius 3 is 2.88 bits per heavy atom. The molecule has 1 aromatic rings. The third-order valence-electron chi connectivity index (χ3n) is 2.50. The number of hydrogen-bond acceptors (Lipinski definition) is 5. The van der Waals surface area contributed by atoms with Gasteiger partial charge in [0, 0.05) is 39.4 Å². The maximum absolute atomic E-state index is 5.50. The number of nitrogens with one attached hydrogen (secondary N) is 1. The van der Waals surface area contributed by atoms with Gasteiger partial charge in [-0.3, -0.25) is 16.0 Å². The molecule has 0 aliphatic heterocycles. The van der Waals surface area contributed by atoms with Crippen molar-refractivity contribution in [2.75, 3.05) is 26.9 Å². The van der Waals surface area contributed by atoms with Crippen molar-refractivity contribution in [2.24, 2.45) is 12.9 Å². The number of nitrogens with two attached hydrogens (primary N) is 1. The molecule has 6 heteroatoms. The zero-order valence-corrected chi connectivity index (χ0v) is 10.6. The van der Waals surface area contributed by atoms with Crippen LogP contribution >= 0.6 is 0 Å². The molecule has 1 unspecified atom stereocenters. The number of hydrogen-bond donors (Lipinski definition) is 2. The van der Waals surface area contributed by atoms with Crippen molar-refractivity contribution in [1.82, 2.24) is 15.2 Å². The van der Waals surface area contributed by atoms with Crippen molar-refractivity contribution >= 4 is 0 Å². The van der Waals surface area contributed by atoms with E-state index in [4.69, 9.17) is 15.3 Å². The number of nitrogens with zero attached hydrogens (tertiary/aromatic N) is 2. The summed E-state index contributed by atoms with van der Waals surface area (Å²) in [6, 6.07) is 2.18. The first-order chi connectivity index (χ1) is 8.26. The molecular formula is C11H22N4O2. The number of aromatic nitrogens is 2. The van der Waals surface area contributed by atoms with Gasteiger partial charge in [-0.05, 0) is 12.5 Å². The minimum absolute atomic E-state index is 0.187. The van der Waals surface area contributed by atoms with Gasteiger partial charge in [-0.25, -0.2) is 0 Å². The Morgan fingerprint density at radius 1 is 1.47 bits per heavy atom. The van der Waals surface area contributed by atoms with E-state index in [0.29, 0.717) is 19.8 Å². The minimum Gasteiger partial charge on any atom is -0.382 e. The van der Waals surface area contributed by atoms with E-state index in [9.17, 15) is 0 Å². The Labute approximate surface area is 102 Å². The van der Waals surface area contributed by atoms with Gasteiger partial charge in [0.05, 0.1) is 18.9 Å². The Balaban J connectivity index is 2.19. The second kappa shape index (κ2) is 8.19. The molecule has 0 aromatic carbocycles. The van der Waals surface area contributed by atoms with Crippen LogP contribution in [0.15, 0.2) is 12.3 Å². The molecule has 0 bridgehead atoms. The van der Waals surface area contributed by atoms with E-state index in [-0.39, 0.29) is 6.04 Å². The van der Waals surface area contributed by atoms with Crippen LogP contribution in [0.1, 0.15) is 12.1 Å². The summed E-state index contributed by atoms with van der Waals surface area (Å²) in [6.45, 7) is 1.92. The van der Waals surface area contributed by atoms with E-state index in [1.807, 2.05) is 19.3 Å². The van der Waals surface area contributed by atoms with Gasteiger partial charge >= 0.3 is 0 Å². The molecule has 0 saturated carbocycles. The first kappa shape index (κ1) is 14.1. The highest BCUT2D eigenvalue weighted by Crippen LogP contribution is 2.03. The topological polar surface area (TPSA) is 74.3 Å². The van der Waals surface area contributed by atoms with Crippen LogP contribution in [-0.4, -0.2) is 42.8 Å². The molecule has 0 fully saturated rings. The molecule has 0 aliphatic carbocycles. The molecule has 6 nitrogen and oxygen atoms in total. The second-order valence-electron chi connectivity index (χ2n) is 3.94. The van der Waals surface area contributed by atoms with Crippen molar-refractivity contribution in [2.45, 2.75) is 18.9 Å². The summed E-state index contributed by atoms with van der Waals surface area (Å²) in [6.07, 6.45) is 3.60. The zero-order chi connectivity index (χ0) is 12.5. The van der Waals surface area contributed by atoms with Crippen molar-refractivity contribution in [3.05, 3.63) is 18.0 Å². The molecule has 0 saturated heterocycles. The first-order valence-corrected chi connectivity index (χ1v) is 5.77. The van der Waals surface area contributed by atoms with Crippen molar-refractivity contribution in [1.29, 1.82) is 0 Å². The number of rotatable bonds is 9. The van der Waals surface area contributed by atoms with Crippen molar-refractivity contribution in [3.8, 4) is 0 Å². The number of aryl methyl sites for hydroxylation is 1. The van der Waals surface area contributed by atoms with Gasteiger partial charge in [-0.2, -0.15) is 5.10 Å². The summed E-state index contributed by atoms with van der Waals surface area (Å²) in [5.41, 5.74) is 3.82. The van der Waals surface area contributed by atoms with Crippen LogP contribution in [0, 0.1) is 0 Å². The summed E-state index contributed by atoms with van der Waals surface area (Å²) in [5.74, 6) is 5.50. The van der Waals surface area contributed by atoms with Gasteiger partial charge in [0.25, 0.3) is 0 Å². The number of ether oxygens (including phenoxy) is 2. The monoisotopic (exact) mass is 242 g/mol. The predicted molar refractivity (Wildman–Crippen MR) is 65.3 cm³/mol. The third-order valence-corrected chi connectivity index (χ3v) is 2.50. The van der Waals surface area contributed by atoms with E-state index in [1.165, 1.54) is 0 Å². The van der Waals surface area contributed by atoms with Crippen LogP contribution in [0.2, 0.25) is 0 Å². The number of methoxy groups -OCH3 is 1. The largest absolute Gasteiger partial charge is 0.382 e. The van der Waals surface area contributed by atoms with Gasteiger partial charge in [0.15, 0.2) is 0 Å². The minimum atomic E-state index is 0.187. The molecule has 0 radical (unpaired) electrons. The van der Waals surface area contributed by atoms with Gasteiger partial charge < -0.3 is 9.47 Å². The summed E-state index contributed by atoms with van der Waals surface area (Å²) in [5, 5.41) is 4.32. The fourth-order valence-electron chi connectivity index (χ4n) is 1.54. The normalized spacial score (nSPS) is 12.9. The number of hydrazine groups is 1. The summed E-state index contributed by atoms with van der Waals surface area (Å²) >= 11 is 0. The van der Waals surface area contributed by atoms with E-state index in [1.54, 1.807) is 11.8 Å². The van der Waals surface area contributed by atoms with Crippen molar-refractivity contribution in [3.63, 3.8) is 0 Å². The lowest BCUT2D eigenvalue weighted by Gasteiger charge is -2.14. The van der Waals surface area contributed by atoms with Crippen LogP contribution in [0.4, 0.5) is 0 Å². The molecule has 0 aliphatic rings. The first-order valence-electron chi connectivity index (χ1n) is 5.77. The Morgan fingerprint density at radius 2 is 2.29 bits per heavy atom. The Bertz CT molecular complexity index is 303. The standard InChI is InChI=1S/C11H22N4O2/c1-15-5-3-11(14-15)9-10(13-12)4-6-17-8-7-16-2/h3,5,10,13H,4,6-9,12H2,1-2H3. The average molecular weight is 242 g/mol. The van der Waals surface area contributed by atoms with Crippen LogP contribution in [0.5, 0.6) is 0 Å². The Hall–Kier alpha value is -0.950. The van der Waals surface area contributed by atoms with Crippen LogP contribution in [-0.2, 0) is 22.9 Å². The molecule has 0 spiro atoms. The fourth-order valence-corrected chi connectivity index (χ4v) is 1.54. The van der Waals surface area contributed by atoms with Gasteiger partial charge in [0.1, 0.15) is 0 Å². The average Bonchev–Trinajstić information content (AvgIpc) is 2.73. The van der Waals surface area contributed by atoms with Crippen LogP contribution < -0.4 is 11.3 Å². The molecule has 1 aromatic heterocycles. The van der Waals surface area contributed by atoms with E-state index in [2.05, 4.69) is 10.5 Å². The predicted octanol–water partition coefficient (Wildman–Crippen LogP) is -0.152. The second-order valence-corrected chi connectivity index (χ2v) is 3.94. The molecule has 1 rings (SSSR count). The lowest BCUT2D eigenvalue weighted by Crippen LogP contribution is -2.37. The molecule has 0 amide bonds. The van der Waals surface area contributed by atoms with Gasteiger partial charge in [-0.1, -0.05) is 0 Å². The van der Waals surface area contributed by atoms with Crippen LogP contribution in [0.25, 0.3) is 0 Å². The van der Waals surface area contributed by atoms with E-state index in [0.717, 1.165) is 18.5 Å². The maximum Gasteiger partial charge on any atom is 0.0700 e. The SMILES string of the molecule is COCCOCCC(Cc1ccn(C)n1)NN. The highest BCUT2D eigenvalue weighted by atomic mass is 16.5. The van der Waals surface area contributed by atoms with E-state index >= 15 is 0 Å². The third kappa shape index (κ3) is 5.78. The Kier molecular flexibility index (Phi) is 6.80. The van der Waals surface area contributed by atoms with Crippen molar-refractivity contribution < 1.29 is 9.47 Å². The molecule has 1 atom stereocenters. The molecule has 1 heterocycles. The fraction of sp³-hybridized carbons (Fsp3) is 0.727.